The summed E-state index contributed by atoms with van der Waals surface area (Å²) in [6, 6.07) is 0.292. The van der Waals surface area contributed by atoms with Gasteiger partial charge < -0.3 is 11.1 Å². The van der Waals surface area contributed by atoms with Crippen molar-refractivity contribution < 1.29 is 4.79 Å². The Morgan fingerprint density at radius 1 is 1.22 bits per heavy atom. The molecule has 3 nitrogen and oxygen atoms in total. The third kappa shape index (κ3) is 2.87. The van der Waals surface area contributed by atoms with Crippen LogP contribution in [0.15, 0.2) is 0 Å². The quantitative estimate of drug-likeness (QED) is 0.808. The Morgan fingerprint density at radius 2 is 1.89 bits per heavy atom. The van der Waals surface area contributed by atoms with Crippen LogP contribution in [0.5, 0.6) is 0 Å². The molecule has 3 N–H and O–H groups in total. The van der Waals surface area contributed by atoms with Crippen LogP contribution in [-0.4, -0.2) is 18.5 Å². The van der Waals surface area contributed by atoms with Crippen LogP contribution in [0.3, 0.4) is 0 Å². The fraction of sp³-hybridized carbons (Fsp3) is 0.933. The van der Waals surface area contributed by atoms with Crippen molar-refractivity contribution in [3.8, 4) is 0 Å². The van der Waals surface area contributed by atoms with Gasteiger partial charge in [0.05, 0.1) is 0 Å². The molecular weight excluding hydrogens is 224 g/mol. The number of rotatable bonds is 4. The average Bonchev–Trinajstić information content (AvgIpc) is 2.87. The number of carbonyl (C=O) groups excluding carboxylic acids is 1. The summed E-state index contributed by atoms with van der Waals surface area (Å²) in [5, 5.41) is 3.20. The predicted octanol–water partition coefficient (Wildman–Crippen LogP) is 2.59. The molecule has 0 spiro atoms. The monoisotopic (exact) mass is 252 g/mol. The zero-order chi connectivity index (χ0) is 13.0. The molecule has 2 saturated carbocycles. The van der Waals surface area contributed by atoms with Gasteiger partial charge in [-0.15, -0.1) is 0 Å². The first kappa shape index (κ1) is 13.9. The fourth-order valence-corrected chi connectivity index (χ4v) is 3.69. The third-order valence-electron chi connectivity index (χ3n) is 5.21. The van der Waals surface area contributed by atoms with Gasteiger partial charge in [-0.25, -0.2) is 0 Å². The molecule has 0 bridgehead atoms. The molecule has 0 aromatic rings. The number of hydrogen-bond donors (Lipinski definition) is 2. The van der Waals surface area contributed by atoms with E-state index in [1.807, 2.05) is 0 Å². The molecule has 1 amide bonds. The molecule has 0 heterocycles. The standard InChI is InChI=1S/C15H28N2O/c1-2-15(9-5-6-10-15)14(18)17-11-12-7-3-4-8-13(12)16/h12-13H,2-11,16H2,1H3,(H,17,18). The molecule has 0 aromatic heterocycles. The highest BCUT2D eigenvalue weighted by molar-refractivity contribution is 5.82. The highest BCUT2D eigenvalue weighted by atomic mass is 16.2. The molecule has 3 heteroatoms. The predicted molar refractivity (Wildman–Crippen MR) is 74.1 cm³/mol. The Bertz CT molecular complexity index is 284. The molecule has 2 aliphatic rings. The lowest BCUT2D eigenvalue weighted by molar-refractivity contribution is -0.131. The van der Waals surface area contributed by atoms with Crippen LogP contribution in [-0.2, 0) is 4.79 Å². The molecular formula is C15H28N2O. The van der Waals surface area contributed by atoms with Crippen LogP contribution < -0.4 is 11.1 Å². The molecule has 2 unspecified atom stereocenters. The van der Waals surface area contributed by atoms with Crippen molar-refractivity contribution in [3.05, 3.63) is 0 Å². The van der Waals surface area contributed by atoms with Gasteiger partial charge in [-0.2, -0.15) is 0 Å². The molecule has 2 fully saturated rings. The molecule has 0 aliphatic heterocycles. The van der Waals surface area contributed by atoms with Crippen LogP contribution in [0.4, 0.5) is 0 Å². The number of carbonyl (C=O) groups is 1. The van der Waals surface area contributed by atoms with Crippen molar-refractivity contribution in [2.45, 2.75) is 70.8 Å². The summed E-state index contributed by atoms with van der Waals surface area (Å²) in [5.74, 6) is 0.790. The minimum Gasteiger partial charge on any atom is -0.355 e. The first-order valence-corrected chi connectivity index (χ1v) is 7.72. The smallest absolute Gasteiger partial charge is 0.226 e. The maximum Gasteiger partial charge on any atom is 0.226 e. The van der Waals surface area contributed by atoms with Gasteiger partial charge in [0.25, 0.3) is 0 Å². The lowest BCUT2D eigenvalue weighted by Gasteiger charge is -2.31. The van der Waals surface area contributed by atoms with E-state index in [9.17, 15) is 4.79 Å². The lowest BCUT2D eigenvalue weighted by Crippen LogP contribution is -2.45. The highest BCUT2D eigenvalue weighted by Crippen LogP contribution is 2.41. The maximum atomic E-state index is 12.4. The Morgan fingerprint density at radius 3 is 2.50 bits per heavy atom. The van der Waals surface area contributed by atoms with E-state index >= 15 is 0 Å². The van der Waals surface area contributed by atoms with Crippen molar-refractivity contribution in [2.24, 2.45) is 17.1 Å². The number of hydrogen-bond acceptors (Lipinski definition) is 2. The van der Waals surface area contributed by atoms with Crippen LogP contribution in [0.25, 0.3) is 0 Å². The molecule has 2 atom stereocenters. The zero-order valence-corrected chi connectivity index (χ0v) is 11.7. The lowest BCUT2D eigenvalue weighted by atomic mass is 9.81. The van der Waals surface area contributed by atoms with E-state index in [0.717, 1.165) is 32.2 Å². The summed E-state index contributed by atoms with van der Waals surface area (Å²) in [6.45, 7) is 2.94. The average molecular weight is 252 g/mol. The molecule has 104 valence electrons. The summed E-state index contributed by atoms with van der Waals surface area (Å²) in [4.78, 5) is 12.4. The van der Waals surface area contributed by atoms with Crippen LogP contribution >= 0.6 is 0 Å². The van der Waals surface area contributed by atoms with Crippen molar-refractivity contribution in [1.29, 1.82) is 0 Å². The van der Waals surface area contributed by atoms with Crippen molar-refractivity contribution >= 4 is 5.91 Å². The van der Waals surface area contributed by atoms with E-state index < -0.39 is 0 Å². The second-order valence-corrected chi connectivity index (χ2v) is 6.26. The molecule has 2 rings (SSSR count). The van der Waals surface area contributed by atoms with E-state index in [4.69, 9.17) is 5.73 Å². The van der Waals surface area contributed by atoms with Gasteiger partial charge in [0.15, 0.2) is 0 Å². The molecule has 0 saturated heterocycles. The van der Waals surface area contributed by atoms with Gasteiger partial charge in [0.2, 0.25) is 5.91 Å². The van der Waals surface area contributed by atoms with Crippen molar-refractivity contribution in [2.75, 3.05) is 6.54 Å². The van der Waals surface area contributed by atoms with Gasteiger partial charge in [-0.05, 0) is 38.0 Å². The van der Waals surface area contributed by atoms with Gasteiger partial charge in [-0.1, -0.05) is 32.6 Å². The van der Waals surface area contributed by atoms with Crippen LogP contribution in [0.1, 0.15) is 64.7 Å². The van der Waals surface area contributed by atoms with Crippen molar-refractivity contribution in [1.82, 2.24) is 5.32 Å². The summed E-state index contributed by atoms with van der Waals surface area (Å²) >= 11 is 0. The summed E-state index contributed by atoms with van der Waals surface area (Å²) in [7, 11) is 0. The second kappa shape index (κ2) is 6.05. The second-order valence-electron chi connectivity index (χ2n) is 6.26. The van der Waals surface area contributed by atoms with Gasteiger partial charge in [0.1, 0.15) is 0 Å². The fourth-order valence-electron chi connectivity index (χ4n) is 3.69. The normalized spacial score (nSPS) is 31.2. The Hall–Kier alpha value is -0.570. The Labute approximate surface area is 111 Å². The molecule has 2 aliphatic carbocycles. The van der Waals surface area contributed by atoms with E-state index in [2.05, 4.69) is 12.2 Å². The van der Waals surface area contributed by atoms with Gasteiger partial charge in [-0.3, -0.25) is 4.79 Å². The Kier molecular flexibility index (Phi) is 4.66. The van der Waals surface area contributed by atoms with E-state index in [1.165, 1.54) is 32.1 Å². The summed E-state index contributed by atoms with van der Waals surface area (Å²) in [5.41, 5.74) is 6.08. The highest BCUT2D eigenvalue weighted by Gasteiger charge is 2.39. The Balaban J connectivity index is 1.83. The van der Waals surface area contributed by atoms with Gasteiger partial charge >= 0.3 is 0 Å². The SMILES string of the molecule is CCC1(C(=O)NCC2CCCCC2N)CCCC1. The number of nitrogens with one attached hydrogen (secondary N) is 1. The number of amides is 1. The van der Waals surface area contributed by atoms with Gasteiger partial charge in [0, 0.05) is 18.0 Å². The molecule has 0 radical (unpaired) electrons. The van der Waals surface area contributed by atoms with Crippen molar-refractivity contribution in [3.63, 3.8) is 0 Å². The largest absolute Gasteiger partial charge is 0.355 e. The summed E-state index contributed by atoms with van der Waals surface area (Å²) < 4.78 is 0. The van der Waals surface area contributed by atoms with Crippen LogP contribution in [0, 0.1) is 11.3 Å². The van der Waals surface area contributed by atoms with E-state index in [0.29, 0.717) is 17.9 Å². The minimum atomic E-state index is -0.0568. The summed E-state index contributed by atoms with van der Waals surface area (Å²) in [6.07, 6.45) is 10.4. The first-order valence-electron chi connectivity index (χ1n) is 7.72. The van der Waals surface area contributed by atoms with E-state index in [-0.39, 0.29) is 5.41 Å². The molecule has 18 heavy (non-hydrogen) atoms. The third-order valence-corrected chi connectivity index (χ3v) is 5.21. The topological polar surface area (TPSA) is 55.1 Å². The zero-order valence-electron chi connectivity index (χ0n) is 11.7. The number of nitrogens with two attached hydrogens (primary N) is 1. The van der Waals surface area contributed by atoms with E-state index in [1.54, 1.807) is 0 Å². The minimum absolute atomic E-state index is 0.0568. The molecule has 0 aromatic carbocycles. The first-order chi connectivity index (χ1) is 8.68. The van der Waals surface area contributed by atoms with Crippen LogP contribution in [0.2, 0.25) is 0 Å². The maximum absolute atomic E-state index is 12.4.